The first-order chi connectivity index (χ1) is 19.1. The summed E-state index contributed by atoms with van der Waals surface area (Å²) in [5, 5.41) is 0. The summed E-state index contributed by atoms with van der Waals surface area (Å²) < 4.78 is 19.5. The average molecular weight is 523 g/mol. The normalized spacial score (nSPS) is 23.8. The van der Waals surface area contributed by atoms with Gasteiger partial charge in [-0.2, -0.15) is 0 Å². The standard InChI is InChI=1S/C34H34O5/c1-3-4-23-37-34(27-19-11-12-20-27)29-22-14-13-21-28(29)24(2)30(38-32(35)25-15-7-5-8-16-25)31(34)39-33(36)26-17-9-6-10-18-26/h5-22,24,27,30-31H,3-4,23H2,1-2H3/t24-,30?,31?,34-/m0/s1. The Morgan fingerprint density at radius 2 is 1.33 bits per heavy atom. The Morgan fingerprint density at radius 3 is 1.95 bits per heavy atom. The van der Waals surface area contributed by atoms with Crippen molar-refractivity contribution in [3.05, 3.63) is 131 Å². The zero-order valence-corrected chi connectivity index (χ0v) is 22.4. The molecular formula is C34H34O5. The van der Waals surface area contributed by atoms with Gasteiger partial charge in [0.15, 0.2) is 6.10 Å². The van der Waals surface area contributed by atoms with Gasteiger partial charge in [-0.25, -0.2) is 9.59 Å². The lowest BCUT2D eigenvalue weighted by Crippen LogP contribution is -2.60. The molecule has 0 aromatic heterocycles. The largest absolute Gasteiger partial charge is 0.454 e. The van der Waals surface area contributed by atoms with Gasteiger partial charge in [0, 0.05) is 18.4 Å². The molecule has 2 aliphatic rings. The fourth-order valence-corrected chi connectivity index (χ4v) is 5.66. The lowest BCUT2D eigenvalue weighted by Gasteiger charge is -2.51. The fourth-order valence-electron chi connectivity index (χ4n) is 5.66. The van der Waals surface area contributed by atoms with E-state index in [9.17, 15) is 9.59 Å². The van der Waals surface area contributed by atoms with Crippen LogP contribution in [0.2, 0.25) is 0 Å². The number of carbonyl (C=O) groups excluding carboxylic acids is 2. The SMILES string of the molecule is CCCCO[C@@]1(C2C=CC=C2)c2ccccc2[C@H](C)C(OC(=O)c2ccccc2)C1OC(=O)c1ccccc1. The van der Waals surface area contributed by atoms with Crippen molar-refractivity contribution in [2.75, 3.05) is 6.61 Å². The first kappa shape index (κ1) is 26.6. The maximum atomic E-state index is 13.6. The third-order valence-electron chi connectivity index (χ3n) is 7.66. The van der Waals surface area contributed by atoms with Crippen LogP contribution < -0.4 is 0 Å². The summed E-state index contributed by atoms with van der Waals surface area (Å²) in [4.78, 5) is 27.0. The average Bonchev–Trinajstić information content (AvgIpc) is 3.53. The van der Waals surface area contributed by atoms with Crippen molar-refractivity contribution in [1.29, 1.82) is 0 Å². The van der Waals surface area contributed by atoms with E-state index in [1.165, 1.54) is 0 Å². The van der Waals surface area contributed by atoms with E-state index in [4.69, 9.17) is 14.2 Å². The Balaban J connectivity index is 1.66. The molecule has 0 saturated heterocycles. The first-order valence-electron chi connectivity index (χ1n) is 13.7. The Morgan fingerprint density at radius 1 is 0.769 bits per heavy atom. The Kier molecular flexibility index (Phi) is 8.08. The van der Waals surface area contributed by atoms with Crippen LogP contribution in [0.1, 0.15) is 64.4 Å². The number of benzene rings is 3. The molecule has 0 heterocycles. The smallest absolute Gasteiger partial charge is 0.338 e. The van der Waals surface area contributed by atoms with Gasteiger partial charge in [-0.3, -0.25) is 0 Å². The van der Waals surface area contributed by atoms with E-state index in [-0.39, 0.29) is 11.8 Å². The van der Waals surface area contributed by atoms with Crippen LogP contribution in [0.25, 0.3) is 0 Å². The van der Waals surface area contributed by atoms with E-state index in [1.54, 1.807) is 48.5 Å². The predicted octanol–water partition coefficient (Wildman–Crippen LogP) is 7.01. The second kappa shape index (κ2) is 11.8. The summed E-state index contributed by atoms with van der Waals surface area (Å²) in [6, 6.07) is 25.9. The minimum absolute atomic E-state index is 0.227. The highest BCUT2D eigenvalue weighted by Crippen LogP contribution is 2.52. The molecular weight excluding hydrogens is 488 g/mol. The number of ether oxygens (including phenoxy) is 3. The van der Waals surface area contributed by atoms with Crippen LogP contribution in [-0.4, -0.2) is 30.8 Å². The Bertz CT molecular complexity index is 1330. The maximum Gasteiger partial charge on any atom is 0.338 e. The molecule has 4 atom stereocenters. The van der Waals surface area contributed by atoms with E-state index in [1.807, 2.05) is 43.3 Å². The van der Waals surface area contributed by atoms with Crippen LogP contribution in [0.3, 0.4) is 0 Å². The van der Waals surface area contributed by atoms with Gasteiger partial charge >= 0.3 is 11.9 Å². The minimum atomic E-state index is -1.09. The van der Waals surface area contributed by atoms with Gasteiger partial charge in [-0.05, 0) is 41.8 Å². The monoisotopic (exact) mass is 522 g/mol. The van der Waals surface area contributed by atoms with Gasteiger partial charge in [0.25, 0.3) is 0 Å². The summed E-state index contributed by atoms with van der Waals surface area (Å²) >= 11 is 0. The zero-order chi connectivity index (χ0) is 27.2. The van der Waals surface area contributed by atoms with E-state index in [0.717, 1.165) is 24.0 Å². The van der Waals surface area contributed by atoms with Gasteiger partial charge in [0.2, 0.25) is 0 Å². The highest BCUT2D eigenvalue weighted by Gasteiger charge is 2.59. The molecule has 3 aromatic rings. The molecule has 2 aliphatic carbocycles. The highest BCUT2D eigenvalue weighted by atomic mass is 16.6. The molecule has 5 heteroatoms. The molecule has 39 heavy (non-hydrogen) atoms. The van der Waals surface area contributed by atoms with Gasteiger partial charge in [-0.1, -0.05) is 105 Å². The van der Waals surface area contributed by atoms with Crippen molar-refractivity contribution >= 4 is 11.9 Å². The van der Waals surface area contributed by atoms with Crippen LogP contribution in [0, 0.1) is 5.92 Å². The van der Waals surface area contributed by atoms with Crippen LogP contribution in [0.15, 0.2) is 109 Å². The Hall–Kier alpha value is -3.96. The van der Waals surface area contributed by atoms with Crippen molar-refractivity contribution < 1.29 is 23.8 Å². The third-order valence-corrected chi connectivity index (χ3v) is 7.66. The maximum absolute atomic E-state index is 13.6. The lowest BCUT2D eigenvalue weighted by atomic mass is 9.65. The number of esters is 2. The zero-order valence-electron chi connectivity index (χ0n) is 22.4. The van der Waals surface area contributed by atoms with Gasteiger partial charge in [-0.15, -0.1) is 0 Å². The van der Waals surface area contributed by atoms with Crippen molar-refractivity contribution in [2.24, 2.45) is 5.92 Å². The molecule has 5 rings (SSSR count). The summed E-state index contributed by atoms with van der Waals surface area (Å²) in [7, 11) is 0. The second-order valence-corrected chi connectivity index (χ2v) is 10.1. The quantitative estimate of drug-likeness (QED) is 0.223. The van der Waals surface area contributed by atoms with Crippen LogP contribution in [0.4, 0.5) is 0 Å². The molecule has 200 valence electrons. The van der Waals surface area contributed by atoms with E-state index >= 15 is 0 Å². The third kappa shape index (κ3) is 5.19. The summed E-state index contributed by atoms with van der Waals surface area (Å²) in [5.74, 6) is -1.43. The molecule has 0 N–H and O–H groups in total. The molecule has 0 aliphatic heterocycles. The number of hydrogen-bond donors (Lipinski definition) is 0. The lowest BCUT2D eigenvalue weighted by molar-refractivity contribution is -0.192. The molecule has 0 saturated carbocycles. The highest BCUT2D eigenvalue weighted by molar-refractivity contribution is 5.90. The molecule has 0 amide bonds. The minimum Gasteiger partial charge on any atom is -0.454 e. The van der Waals surface area contributed by atoms with E-state index in [0.29, 0.717) is 17.7 Å². The summed E-state index contributed by atoms with van der Waals surface area (Å²) in [5.41, 5.74) is 1.74. The molecule has 3 aromatic carbocycles. The number of unbranched alkanes of at least 4 members (excludes halogenated alkanes) is 1. The number of rotatable bonds is 9. The molecule has 2 unspecified atom stereocenters. The summed E-state index contributed by atoms with van der Waals surface area (Å²) in [6.45, 7) is 4.59. The van der Waals surface area contributed by atoms with E-state index < -0.39 is 29.7 Å². The molecule has 0 spiro atoms. The molecule has 5 nitrogen and oxygen atoms in total. The van der Waals surface area contributed by atoms with E-state index in [2.05, 4.69) is 31.2 Å². The topological polar surface area (TPSA) is 61.8 Å². The molecule has 0 fully saturated rings. The van der Waals surface area contributed by atoms with Gasteiger partial charge in [0.1, 0.15) is 11.7 Å². The predicted molar refractivity (Wildman–Crippen MR) is 150 cm³/mol. The van der Waals surface area contributed by atoms with Crippen LogP contribution >= 0.6 is 0 Å². The molecule has 0 bridgehead atoms. The molecule has 0 radical (unpaired) electrons. The first-order valence-corrected chi connectivity index (χ1v) is 13.7. The van der Waals surface area contributed by atoms with Crippen molar-refractivity contribution in [1.82, 2.24) is 0 Å². The van der Waals surface area contributed by atoms with Gasteiger partial charge < -0.3 is 14.2 Å². The number of allylic oxidation sites excluding steroid dienone is 2. The van der Waals surface area contributed by atoms with Crippen molar-refractivity contribution in [3.8, 4) is 0 Å². The fraction of sp³-hybridized carbons (Fsp3) is 0.294. The van der Waals surface area contributed by atoms with Gasteiger partial charge in [0.05, 0.1) is 11.1 Å². The number of fused-ring (bicyclic) bond motifs is 1. The number of hydrogen-bond acceptors (Lipinski definition) is 5. The van der Waals surface area contributed by atoms with Crippen LogP contribution in [-0.2, 0) is 19.8 Å². The second-order valence-electron chi connectivity index (χ2n) is 10.1. The van der Waals surface area contributed by atoms with Crippen molar-refractivity contribution in [3.63, 3.8) is 0 Å². The Labute approximate surface area is 230 Å². The number of carbonyl (C=O) groups is 2. The van der Waals surface area contributed by atoms with Crippen molar-refractivity contribution in [2.45, 2.75) is 50.4 Å². The summed E-state index contributed by atoms with van der Waals surface area (Å²) in [6.07, 6.45) is 8.20. The van der Waals surface area contributed by atoms with Crippen LogP contribution in [0.5, 0.6) is 0 Å².